The Labute approximate surface area is 149 Å². The number of aryl methyl sites for hydroxylation is 1. The first-order chi connectivity index (χ1) is 12.2. The van der Waals surface area contributed by atoms with Crippen molar-refractivity contribution in [1.29, 1.82) is 0 Å². The molecule has 0 bridgehead atoms. The largest absolute Gasteiger partial charge is 0.358 e. The Kier molecular flexibility index (Phi) is 4.07. The zero-order valence-electron chi connectivity index (χ0n) is 13.7. The molecule has 1 amide bonds. The molecule has 2 heterocycles. The van der Waals surface area contributed by atoms with Crippen LogP contribution in [0.4, 0.5) is 5.13 Å². The number of hydrogen-bond donors (Lipinski definition) is 2. The van der Waals surface area contributed by atoms with Gasteiger partial charge in [0, 0.05) is 22.8 Å². The molecule has 0 aliphatic heterocycles. The fraction of sp³-hybridized carbons (Fsp3) is 0.100. The molecule has 0 unspecified atom stereocenters. The van der Waals surface area contributed by atoms with Crippen LogP contribution in [0.15, 0.2) is 60.8 Å². The Bertz CT molecular complexity index is 1030. The maximum Gasteiger partial charge on any atom is 0.230 e. The Morgan fingerprint density at radius 1 is 1.12 bits per heavy atom. The SMILES string of the molecule is Cc1[nH]c2ccccc2c1CC(=O)Nc1ncc(-c2ccccc2)s1. The maximum absolute atomic E-state index is 12.5. The molecule has 4 nitrogen and oxygen atoms in total. The molecule has 124 valence electrons. The molecule has 25 heavy (non-hydrogen) atoms. The quantitative estimate of drug-likeness (QED) is 0.558. The first kappa shape index (κ1) is 15.6. The molecule has 0 atom stereocenters. The highest BCUT2D eigenvalue weighted by Gasteiger charge is 2.14. The van der Waals surface area contributed by atoms with Crippen LogP contribution >= 0.6 is 11.3 Å². The third kappa shape index (κ3) is 3.19. The number of fused-ring (bicyclic) bond motifs is 1. The summed E-state index contributed by atoms with van der Waals surface area (Å²) in [6.45, 7) is 2.00. The second-order valence-electron chi connectivity index (χ2n) is 5.89. The van der Waals surface area contributed by atoms with Crippen molar-refractivity contribution >= 4 is 33.3 Å². The third-order valence-electron chi connectivity index (χ3n) is 4.17. The predicted molar refractivity (Wildman–Crippen MR) is 103 cm³/mol. The number of nitrogens with one attached hydrogen (secondary N) is 2. The minimum absolute atomic E-state index is 0.0539. The zero-order chi connectivity index (χ0) is 17.2. The summed E-state index contributed by atoms with van der Waals surface area (Å²) in [6.07, 6.45) is 2.13. The Morgan fingerprint density at radius 3 is 2.72 bits per heavy atom. The number of rotatable bonds is 4. The van der Waals surface area contributed by atoms with Gasteiger partial charge in [0.15, 0.2) is 5.13 Å². The average molecular weight is 347 g/mol. The van der Waals surface area contributed by atoms with Gasteiger partial charge in [-0.05, 0) is 24.1 Å². The second kappa shape index (κ2) is 6.53. The van der Waals surface area contributed by atoms with Gasteiger partial charge in [-0.3, -0.25) is 4.79 Å². The number of carbonyl (C=O) groups excluding carboxylic acids is 1. The predicted octanol–water partition coefficient (Wildman–Crippen LogP) is 4.78. The molecule has 5 heteroatoms. The van der Waals surface area contributed by atoms with Crippen molar-refractivity contribution in [3.05, 3.63) is 72.1 Å². The highest BCUT2D eigenvalue weighted by atomic mass is 32.1. The van der Waals surface area contributed by atoms with Crippen molar-refractivity contribution < 1.29 is 4.79 Å². The summed E-state index contributed by atoms with van der Waals surface area (Å²) in [5.74, 6) is -0.0539. The smallest absolute Gasteiger partial charge is 0.230 e. The van der Waals surface area contributed by atoms with Crippen molar-refractivity contribution in [2.75, 3.05) is 5.32 Å². The number of amides is 1. The standard InChI is InChI=1S/C20H17N3OS/c1-13-16(15-9-5-6-10-17(15)22-13)11-19(24)23-20-21-12-18(25-20)14-7-3-2-4-8-14/h2-10,12,22H,11H2,1H3,(H,21,23,24). The highest BCUT2D eigenvalue weighted by molar-refractivity contribution is 7.19. The molecule has 0 aliphatic rings. The molecule has 0 radical (unpaired) electrons. The molecular weight excluding hydrogens is 330 g/mol. The van der Waals surface area contributed by atoms with Gasteiger partial charge in [-0.1, -0.05) is 59.9 Å². The minimum Gasteiger partial charge on any atom is -0.358 e. The van der Waals surface area contributed by atoms with Gasteiger partial charge >= 0.3 is 0 Å². The molecule has 2 N–H and O–H groups in total. The van der Waals surface area contributed by atoms with Gasteiger partial charge < -0.3 is 10.3 Å². The number of nitrogens with zero attached hydrogens (tertiary/aromatic N) is 1. The zero-order valence-corrected chi connectivity index (χ0v) is 14.6. The van der Waals surface area contributed by atoms with Gasteiger partial charge in [-0.2, -0.15) is 0 Å². The summed E-state index contributed by atoms with van der Waals surface area (Å²) in [5.41, 5.74) is 4.23. The number of H-pyrrole nitrogens is 1. The van der Waals surface area contributed by atoms with E-state index in [1.807, 2.05) is 61.5 Å². The number of thiazole rings is 1. The van der Waals surface area contributed by atoms with E-state index in [9.17, 15) is 4.79 Å². The molecular formula is C20H17N3OS. The van der Waals surface area contributed by atoms with Crippen LogP contribution in [0.2, 0.25) is 0 Å². The lowest BCUT2D eigenvalue weighted by molar-refractivity contribution is -0.115. The van der Waals surface area contributed by atoms with Crippen molar-refractivity contribution in [2.24, 2.45) is 0 Å². The van der Waals surface area contributed by atoms with Crippen molar-refractivity contribution in [3.8, 4) is 10.4 Å². The number of para-hydroxylation sites is 1. The Morgan fingerprint density at radius 2 is 1.88 bits per heavy atom. The van der Waals surface area contributed by atoms with Crippen molar-refractivity contribution in [3.63, 3.8) is 0 Å². The van der Waals surface area contributed by atoms with Crippen LogP contribution in [0.5, 0.6) is 0 Å². The molecule has 0 saturated carbocycles. The molecule has 0 aliphatic carbocycles. The first-order valence-corrected chi connectivity index (χ1v) is 8.89. The summed E-state index contributed by atoms with van der Waals surface area (Å²) in [4.78, 5) is 21.2. The maximum atomic E-state index is 12.5. The van der Waals surface area contributed by atoms with Crippen LogP contribution in [0, 0.1) is 6.92 Å². The Hall–Kier alpha value is -2.92. The number of hydrogen-bond acceptors (Lipinski definition) is 3. The van der Waals surface area contributed by atoms with Gasteiger partial charge in [0.2, 0.25) is 5.91 Å². The van der Waals surface area contributed by atoms with E-state index in [1.54, 1.807) is 6.20 Å². The number of benzene rings is 2. The van der Waals surface area contributed by atoms with Crippen LogP contribution < -0.4 is 5.32 Å². The topological polar surface area (TPSA) is 57.8 Å². The van der Waals surface area contributed by atoms with E-state index in [-0.39, 0.29) is 5.91 Å². The monoisotopic (exact) mass is 347 g/mol. The van der Waals surface area contributed by atoms with E-state index in [0.29, 0.717) is 11.6 Å². The molecule has 0 fully saturated rings. The Balaban J connectivity index is 1.51. The second-order valence-corrected chi connectivity index (χ2v) is 6.93. The summed E-state index contributed by atoms with van der Waals surface area (Å²) in [6, 6.07) is 18.1. The number of carbonyl (C=O) groups is 1. The van der Waals surface area contributed by atoms with Crippen LogP contribution in [-0.2, 0) is 11.2 Å². The highest BCUT2D eigenvalue weighted by Crippen LogP contribution is 2.29. The van der Waals surface area contributed by atoms with Crippen molar-refractivity contribution in [1.82, 2.24) is 9.97 Å². The first-order valence-electron chi connectivity index (χ1n) is 8.08. The molecule has 4 rings (SSSR count). The fourth-order valence-corrected chi connectivity index (χ4v) is 3.79. The van der Waals surface area contributed by atoms with Crippen molar-refractivity contribution in [2.45, 2.75) is 13.3 Å². The van der Waals surface area contributed by atoms with Gasteiger partial charge in [-0.15, -0.1) is 0 Å². The molecule has 2 aromatic carbocycles. The summed E-state index contributed by atoms with van der Waals surface area (Å²) in [5, 5.41) is 4.64. The average Bonchev–Trinajstić information content (AvgIpc) is 3.21. The van der Waals surface area contributed by atoms with E-state index in [1.165, 1.54) is 11.3 Å². The fourth-order valence-electron chi connectivity index (χ4n) is 2.95. The molecule has 0 spiro atoms. The van der Waals surface area contributed by atoms with Gasteiger partial charge in [0.1, 0.15) is 0 Å². The van der Waals surface area contributed by atoms with Crippen LogP contribution in [0.25, 0.3) is 21.3 Å². The van der Waals surface area contributed by atoms with E-state index in [0.717, 1.165) is 32.6 Å². The number of anilines is 1. The van der Waals surface area contributed by atoms with E-state index in [2.05, 4.69) is 15.3 Å². The van der Waals surface area contributed by atoms with Crippen LogP contribution in [0.1, 0.15) is 11.3 Å². The van der Waals surface area contributed by atoms with E-state index >= 15 is 0 Å². The lowest BCUT2D eigenvalue weighted by Crippen LogP contribution is -2.14. The molecule has 4 aromatic rings. The minimum atomic E-state index is -0.0539. The van der Waals surface area contributed by atoms with E-state index < -0.39 is 0 Å². The normalized spacial score (nSPS) is 10.9. The lowest BCUT2D eigenvalue weighted by atomic mass is 10.1. The lowest BCUT2D eigenvalue weighted by Gasteiger charge is -2.02. The van der Waals surface area contributed by atoms with E-state index in [4.69, 9.17) is 0 Å². The molecule has 0 saturated heterocycles. The number of aromatic amines is 1. The van der Waals surface area contributed by atoms with Crippen LogP contribution in [0.3, 0.4) is 0 Å². The van der Waals surface area contributed by atoms with Crippen LogP contribution in [-0.4, -0.2) is 15.9 Å². The molecule has 2 aromatic heterocycles. The number of aromatic nitrogens is 2. The third-order valence-corrected chi connectivity index (χ3v) is 5.14. The summed E-state index contributed by atoms with van der Waals surface area (Å²) in [7, 11) is 0. The van der Waals surface area contributed by atoms with Gasteiger partial charge in [0.05, 0.1) is 11.3 Å². The summed E-state index contributed by atoms with van der Waals surface area (Å²) < 4.78 is 0. The van der Waals surface area contributed by atoms with Gasteiger partial charge in [0.25, 0.3) is 0 Å². The summed E-state index contributed by atoms with van der Waals surface area (Å²) >= 11 is 1.48. The van der Waals surface area contributed by atoms with Gasteiger partial charge in [-0.25, -0.2) is 4.98 Å².